The third-order valence-electron chi connectivity index (χ3n) is 8.77. The van der Waals surface area contributed by atoms with Gasteiger partial charge in [0.2, 0.25) is 0 Å². The van der Waals surface area contributed by atoms with Crippen LogP contribution in [0.3, 0.4) is 0 Å². The molecule has 4 atom stereocenters. The van der Waals surface area contributed by atoms with E-state index in [-0.39, 0.29) is 16.9 Å². The molecule has 31 heavy (non-hydrogen) atoms. The Morgan fingerprint density at radius 2 is 1.90 bits per heavy atom. The Morgan fingerprint density at radius 3 is 2.74 bits per heavy atom. The Labute approximate surface area is 185 Å². The van der Waals surface area contributed by atoms with Crippen molar-refractivity contribution in [2.24, 2.45) is 5.41 Å². The predicted octanol–water partition coefficient (Wildman–Crippen LogP) is 5.76. The van der Waals surface area contributed by atoms with Crippen LogP contribution in [0.2, 0.25) is 0 Å². The maximum Gasteiger partial charge on any atom is 0.151 e. The molecule has 0 N–H and O–H groups in total. The molecule has 2 aliphatic heterocycles. The van der Waals surface area contributed by atoms with E-state index in [1.165, 1.54) is 33.3 Å². The molecule has 2 aliphatic carbocycles. The second kappa shape index (κ2) is 6.32. The van der Waals surface area contributed by atoms with E-state index in [0.29, 0.717) is 6.04 Å². The van der Waals surface area contributed by atoms with Gasteiger partial charge >= 0.3 is 0 Å². The van der Waals surface area contributed by atoms with Crippen LogP contribution < -0.4 is 4.74 Å². The van der Waals surface area contributed by atoms with Crippen molar-refractivity contribution in [3.8, 4) is 5.75 Å². The Balaban J connectivity index is 0.000000902. The monoisotopic (exact) mass is 412 g/mol. The minimum Gasteiger partial charge on any atom is -0.483 e. The van der Waals surface area contributed by atoms with Crippen LogP contribution in [0.5, 0.6) is 5.75 Å². The Bertz CT molecular complexity index is 1220. The number of likely N-dealkylation sites (tertiary alicyclic amines) is 1. The molecule has 1 spiro atoms. The summed E-state index contributed by atoms with van der Waals surface area (Å²) >= 11 is 0. The zero-order chi connectivity index (χ0) is 21.5. The average molecular weight is 413 g/mol. The molecule has 0 radical (unpaired) electrons. The van der Waals surface area contributed by atoms with Crippen LogP contribution in [0.15, 0.2) is 42.5 Å². The maximum atomic E-state index is 6.90. The molecule has 4 aliphatic rings. The van der Waals surface area contributed by atoms with E-state index >= 15 is 0 Å². The summed E-state index contributed by atoms with van der Waals surface area (Å²) in [6.45, 7) is 9.88. The Hall–Kier alpha value is -2.39. The number of aryl methyl sites for hydroxylation is 1. The molecule has 0 amide bonds. The topological polar surface area (TPSA) is 25.4 Å². The first-order chi connectivity index (χ1) is 15.0. The van der Waals surface area contributed by atoms with Crippen LogP contribution in [0.1, 0.15) is 61.2 Å². The summed E-state index contributed by atoms with van der Waals surface area (Å²) in [5.74, 6) is 1.16. The lowest BCUT2D eigenvalue weighted by Crippen LogP contribution is -2.68. The summed E-state index contributed by atoms with van der Waals surface area (Å²) in [6, 6.07) is 16.1. The fraction of sp³-hybridized carbons (Fsp3) is 0.464. The van der Waals surface area contributed by atoms with Crippen molar-refractivity contribution >= 4 is 10.9 Å². The lowest BCUT2D eigenvalue weighted by atomic mass is 9.44. The van der Waals surface area contributed by atoms with Gasteiger partial charge in [-0.1, -0.05) is 51.1 Å². The number of ether oxygens (including phenoxy) is 1. The van der Waals surface area contributed by atoms with E-state index in [9.17, 15) is 0 Å². The Morgan fingerprint density at radius 1 is 1.10 bits per heavy atom. The molecule has 3 aromatic rings. The summed E-state index contributed by atoms with van der Waals surface area (Å²) < 4.78 is 6.90. The molecule has 0 saturated carbocycles. The normalized spacial score (nSPS) is 31.9. The number of hydrogen-bond donors (Lipinski definition) is 0. The zero-order valence-corrected chi connectivity index (χ0v) is 19.3. The minimum atomic E-state index is 0.0345. The molecule has 160 valence electrons. The lowest BCUT2D eigenvalue weighted by molar-refractivity contribution is -0.0909. The van der Waals surface area contributed by atoms with E-state index in [1.807, 2.05) is 13.8 Å². The maximum absolute atomic E-state index is 6.90. The third-order valence-corrected chi connectivity index (χ3v) is 8.77. The molecule has 1 aromatic heterocycles. The molecule has 0 unspecified atom stereocenters. The van der Waals surface area contributed by atoms with Gasteiger partial charge in [-0.25, -0.2) is 4.98 Å². The van der Waals surface area contributed by atoms with Gasteiger partial charge in [-0.05, 0) is 68.6 Å². The Kier molecular flexibility index (Phi) is 3.94. The molecule has 1 saturated heterocycles. The first-order valence-corrected chi connectivity index (χ1v) is 11.9. The van der Waals surface area contributed by atoms with E-state index in [4.69, 9.17) is 9.72 Å². The molecular formula is C28H32N2O. The zero-order valence-electron chi connectivity index (χ0n) is 19.3. The summed E-state index contributed by atoms with van der Waals surface area (Å²) in [5.41, 5.74) is 8.17. The standard InChI is InChI=1S/C26H26N2O.C2H6/c1-15-8-9-17-13-20-25(2)14-18-12-16-6-4-5-7-19(16)27-22(18)24-26(25,10-11-28(20)3)21(17)23(15)29-24;1-2/h4-9,12,20,24H,10-11,13-14H2,1-3H3;1-2H3/t20-,24+,25+,26+;/m1./s1. The highest BCUT2D eigenvalue weighted by molar-refractivity contribution is 5.80. The predicted molar refractivity (Wildman–Crippen MR) is 126 cm³/mol. The molecule has 3 nitrogen and oxygen atoms in total. The van der Waals surface area contributed by atoms with Gasteiger partial charge in [0.05, 0.1) is 16.6 Å². The molecule has 3 heterocycles. The summed E-state index contributed by atoms with van der Waals surface area (Å²) in [5, 5.41) is 1.24. The summed E-state index contributed by atoms with van der Waals surface area (Å²) in [7, 11) is 2.32. The fourth-order valence-electron chi connectivity index (χ4n) is 7.40. The number of piperidine rings is 1. The minimum absolute atomic E-state index is 0.0345. The first-order valence-electron chi connectivity index (χ1n) is 11.9. The highest BCUT2D eigenvalue weighted by atomic mass is 16.5. The van der Waals surface area contributed by atoms with E-state index in [0.717, 1.165) is 37.1 Å². The molecule has 2 aromatic carbocycles. The van der Waals surface area contributed by atoms with Crippen LogP contribution >= 0.6 is 0 Å². The van der Waals surface area contributed by atoms with Gasteiger partial charge in [0.1, 0.15) is 5.75 Å². The molecule has 7 rings (SSSR count). The van der Waals surface area contributed by atoms with Crippen molar-refractivity contribution in [3.05, 3.63) is 70.4 Å². The van der Waals surface area contributed by atoms with E-state index in [1.54, 1.807) is 0 Å². The van der Waals surface area contributed by atoms with Crippen LogP contribution in [0.4, 0.5) is 0 Å². The third kappa shape index (κ3) is 2.16. The number of benzene rings is 2. The van der Waals surface area contributed by atoms with Crippen molar-refractivity contribution in [3.63, 3.8) is 0 Å². The van der Waals surface area contributed by atoms with Gasteiger partial charge in [-0.3, -0.25) is 0 Å². The van der Waals surface area contributed by atoms with E-state index in [2.05, 4.69) is 68.3 Å². The fourth-order valence-corrected chi connectivity index (χ4v) is 7.40. The van der Waals surface area contributed by atoms with Crippen molar-refractivity contribution in [1.29, 1.82) is 0 Å². The number of likely N-dealkylation sites (N-methyl/N-ethyl adjacent to an activating group) is 1. The highest BCUT2D eigenvalue weighted by Crippen LogP contribution is 2.70. The smallest absolute Gasteiger partial charge is 0.151 e. The van der Waals surface area contributed by atoms with E-state index < -0.39 is 0 Å². The largest absolute Gasteiger partial charge is 0.483 e. The van der Waals surface area contributed by atoms with Crippen LogP contribution in [-0.2, 0) is 18.3 Å². The van der Waals surface area contributed by atoms with Gasteiger partial charge in [0.15, 0.2) is 6.10 Å². The quantitative estimate of drug-likeness (QED) is 0.469. The van der Waals surface area contributed by atoms with Crippen molar-refractivity contribution in [2.45, 2.75) is 64.5 Å². The van der Waals surface area contributed by atoms with Gasteiger partial charge in [-0.15, -0.1) is 0 Å². The van der Waals surface area contributed by atoms with Crippen LogP contribution in [0, 0.1) is 12.3 Å². The highest BCUT2D eigenvalue weighted by Gasteiger charge is 2.70. The molecule has 2 bridgehead atoms. The number of nitrogens with zero attached hydrogens (tertiary/aromatic N) is 2. The van der Waals surface area contributed by atoms with Gasteiger partial charge < -0.3 is 9.64 Å². The summed E-state index contributed by atoms with van der Waals surface area (Å²) in [6.07, 6.45) is 3.40. The lowest BCUT2D eigenvalue weighted by Gasteiger charge is -2.64. The summed E-state index contributed by atoms with van der Waals surface area (Å²) in [4.78, 5) is 7.83. The number of fused-ring (bicyclic) bond motifs is 3. The SMILES string of the molecule is CC.Cc1ccc2c3c1O[C@H]1c4nc5ccccc5cc4C[C@@]4(C)[C@@H](C2)N(C)CC[C@]314. The van der Waals surface area contributed by atoms with Crippen molar-refractivity contribution < 1.29 is 4.74 Å². The number of pyridine rings is 1. The number of aromatic nitrogens is 1. The number of rotatable bonds is 0. The molecule has 3 heteroatoms. The van der Waals surface area contributed by atoms with Gasteiger partial charge in [0.25, 0.3) is 0 Å². The van der Waals surface area contributed by atoms with Crippen molar-refractivity contribution in [2.75, 3.05) is 13.6 Å². The second-order valence-corrected chi connectivity index (χ2v) is 9.99. The van der Waals surface area contributed by atoms with Crippen molar-refractivity contribution in [1.82, 2.24) is 9.88 Å². The average Bonchev–Trinajstić information content (AvgIpc) is 3.14. The second-order valence-electron chi connectivity index (χ2n) is 9.99. The number of para-hydroxylation sites is 1. The molecular weight excluding hydrogens is 380 g/mol. The van der Waals surface area contributed by atoms with Gasteiger partial charge in [-0.2, -0.15) is 0 Å². The first kappa shape index (κ1) is 19.3. The van der Waals surface area contributed by atoms with Gasteiger partial charge in [0, 0.05) is 22.4 Å². The van der Waals surface area contributed by atoms with Crippen LogP contribution in [0.25, 0.3) is 10.9 Å². The number of hydrogen-bond acceptors (Lipinski definition) is 3. The van der Waals surface area contributed by atoms with Crippen LogP contribution in [-0.4, -0.2) is 29.5 Å². The molecule has 1 fully saturated rings.